The molecule has 0 fully saturated rings. The predicted octanol–water partition coefficient (Wildman–Crippen LogP) is 4.08. The molecule has 2 rings (SSSR count). The second-order valence-electron chi connectivity index (χ2n) is 4.04. The Balaban J connectivity index is 2.12. The maximum absolute atomic E-state index is 13.5. The first-order valence-corrected chi connectivity index (χ1v) is 7.42. The van der Waals surface area contributed by atoms with Gasteiger partial charge in [0.05, 0.1) is 17.1 Å². The normalized spacial score (nSPS) is 9.95. The Morgan fingerprint density at radius 3 is 2.75 bits per heavy atom. The molecule has 4 heteroatoms. The van der Waals surface area contributed by atoms with Crippen LogP contribution < -0.4 is 5.73 Å². The molecule has 1 nitrogen and oxygen atoms in total. The smallest absolute Gasteiger partial charge is 0.138 e. The molecule has 0 spiro atoms. The maximum Gasteiger partial charge on any atom is 0.138 e. The molecule has 0 bridgehead atoms. The number of nitrogens with two attached hydrogens (primary N) is 1. The van der Waals surface area contributed by atoms with Crippen molar-refractivity contribution in [3.05, 3.63) is 64.4 Å². The summed E-state index contributed by atoms with van der Waals surface area (Å²) in [4.78, 5) is 1.01. The first-order chi connectivity index (χ1) is 9.70. The number of hydrogen-bond acceptors (Lipinski definition) is 2. The van der Waals surface area contributed by atoms with Crippen LogP contribution in [0, 0.1) is 17.7 Å². The first-order valence-electron chi connectivity index (χ1n) is 6.05. The van der Waals surface area contributed by atoms with Crippen molar-refractivity contribution in [3.8, 4) is 11.8 Å². The van der Waals surface area contributed by atoms with E-state index in [4.69, 9.17) is 17.3 Å². The zero-order valence-electron chi connectivity index (χ0n) is 10.7. The van der Waals surface area contributed by atoms with Crippen LogP contribution in [-0.2, 0) is 5.75 Å². The summed E-state index contributed by atoms with van der Waals surface area (Å²) in [6, 6.07) is 12.6. The van der Waals surface area contributed by atoms with Crippen LogP contribution in [-0.4, -0.2) is 6.54 Å². The Bertz CT molecular complexity index is 661. The summed E-state index contributed by atoms with van der Waals surface area (Å²) in [5.41, 5.74) is 6.68. The van der Waals surface area contributed by atoms with Gasteiger partial charge in [0.15, 0.2) is 0 Å². The summed E-state index contributed by atoms with van der Waals surface area (Å²) in [5.74, 6) is 5.79. The predicted molar refractivity (Wildman–Crippen MR) is 83.3 cm³/mol. The monoisotopic (exact) mass is 305 g/mol. The molecule has 0 saturated heterocycles. The largest absolute Gasteiger partial charge is 0.320 e. The van der Waals surface area contributed by atoms with Gasteiger partial charge in [-0.3, -0.25) is 0 Å². The van der Waals surface area contributed by atoms with Crippen molar-refractivity contribution in [2.75, 3.05) is 6.54 Å². The van der Waals surface area contributed by atoms with Crippen LogP contribution in [0.4, 0.5) is 4.39 Å². The van der Waals surface area contributed by atoms with Gasteiger partial charge in [0.1, 0.15) is 5.82 Å². The van der Waals surface area contributed by atoms with Crippen molar-refractivity contribution >= 4 is 23.4 Å². The number of hydrogen-bond donors (Lipinski definition) is 1. The third kappa shape index (κ3) is 4.01. The molecular weight excluding hydrogens is 293 g/mol. The Hall–Kier alpha value is -1.47. The minimum atomic E-state index is -0.322. The molecule has 0 atom stereocenters. The van der Waals surface area contributed by atoms with Crippen molar-refractivity contribution in [2.45, 2.75) is 10.6 Å². The Morgan fingerprint density at radius 1 is 1.20 bits per heavy atom. The van der Waals surface area contributed by atoms with Crippen molar-refractivity contribution < 1.29 is 4.39 Å². The van der Waals surface area contributed by atoms with Gasteiger partial charge < -0.3 is 5.73 Å². The molecule has 2 aromatic carbocycles. The molecule has 102 valence electrons. The Kier molecular flexibility index (Phi) is 5.49. The molecule has 0 heterocycles. The van der Waals surface area contributed by atoms with E-state index in [1.807, 2.05) is 24.3 Å². The van der Waals surface area contributed by atoms with E-state index in [1.165, 1.54) is 6.07 Å². The highest BCUT2D eigenvalue weighted by atomic mass is 35.5. The maximum atomic E-state index is 13.5. The van der Waals surface area contributed by atoms with Gasteiger partial charge in [-0.05, 0) is 29.8 Å². The quantitative estimate of drug-likeness (QED) is 0.683. The number of rotatable bonds is 3. The van der Waals surface area contributed by atoms with Crippen LogP contribution >= 0.6 is 23.4 Å². The summed E-state index contributed by atoms with van der Waals surface area (Å²) in [6.07, 6.45) is 0. The number of halogens is 2. The van der Waals surface area contributed by atoms with Gasteiger partial charge in [-0.25, -0.2) is 4.39 Å². The highest BCUT2D eigenvalue weighted by molar-refractivity contribution is 7.98. The van der Waals surface area contributed by atoms with Gasteiger partial charge in [-0.1, -0.05) is 41.6 Å². The molecule has 0 amide bonds. The lowest BCUT2D eigenvalue weighted by atomic mass is 10.1. The van der Waals surface area contributed by atoms with E-state index in [1.54, 1.807) is 23.9 Å². The zero-order valence-corrected chi connectivity index (χ0v) is 12.3. The molecule has 20 heavy (non-hydrogen) atoms. The Morgan fingerprint density at radius 2 is 2.00 bits per heavy atom. The van der Waals surface area contributed by atoms with Crippen LogP contribution in [0.3, 0.4) is 0 Å². The molecule has 0 aliphatic rings. The third-order valence-corrected chi connectivity index (χ3v) is 4.17. The molecule has 0 unspecified atom stereocenters. The SMILES string of the molecule is NCC#Cc1cc(CSc2ccccc2Cl)ccc1F. The van der Waals surface area contributed by atoms with E-state index < -0.39 is 0 Å². The van der Waals surface area contributed by atoms with Crippen LogP contribution in [0.5, 0.6) is 0 Å². The number of thioether (sulfide) groups is 1. The van der Waals surface area contributed by atoms with Crippen molar-refractivity contribution in [3.63, 3.8) is 0 Å². The second kappa shape index (κ2) is 7.35. The molecule has 0 aliphatic carbocycles. The van der Waals surface area contributed by atoms with Gasteiger partial charge >= 0.3 is 0 Å². The van der Waals surface area contributed by atoms with E-state index in [9.17, 15) is 4.39 Å². The molecule has 2 aromatic rings. The fourth-order valence-corrected chi connectivity index (χ4v) is 2.81. The van der Waals surface area contributed by atoms with Crippen LogP contribution in [0.1, 0.15) is 11.1 Å². The highest BCUT2D eigenvalue weighted by Gasteiger charge is 2.04. The summed E-state index contributed by atoms with van der Waals surface area (Å²) >= 11 is 7.71. The number of benzene rings is 2. The molecule has 0 saturated carbocycles. The van der Waals surface area contributed by atoms with Gasteiger partial charge in [0.25, 0.3) is 0 Å². The first kappa shape index (κ1) is 14.9. The van der Waals surface area contributed by atoms with E-state index >= 15 is 0 Å². The van der Waals surface area contributed by atoms with Crippen molar-refractivity contribution in [2.24, 2.45) is 5.73 Å². The summed E-state index contributed by atoms with van der Waals surface area (Å²) in [7, 11) is 0. The van der Waals surface area contributed by atoms with Gasteiger partial charge in [0.2, 0.25) is 0 Å². The minimum absolute atomic E-state index is 0.220. The highest BCUT2D eigenvalue weighted by Crippen LogP contribution is 2.29. The molecule has 2 N–H and O–H groups in total. The topological polar surface area (TPSA) is 26.0 Å². The third-order valence-electron chi connectivity index (χ3n) is 2.59. The molecule has 0 aromatic heterocycles. The average molecular weight is 306 g/mol. The van der Waals surface area contributed by atoms with Gasteiger partial charge in [-0.15, -0.1) is 11.8 Å². The van der Waals surface area contributed by atoms with Crippen molar-refractivity contribution in [1.29, 1.82) is 0 Å². The fourth-order valence-electron chi connectivity index (χ4n) is 1.63. The zero-order chi connectivity index (χ0) is 14.4. The van der Waals surface area contributed by atoms with E-state index in [2.05, 4.69) is 11.8 Å². The molecule has 0 radical (unpaired) electrons. The average Bonchev–Trinajstić information content (AvgIpc) is 2.46. The van der Waals surface area contributed by atoms with Crippen molar-refractivity contribution in [1.82, 2.24) is 0 Å². The standard InChI is InChI=1S/C16H13ClFNS/c17-14-5-1-2-6-16(14)20-11-12-7-8-15(18)13(10-12)4-3-9-19/h1-2,5-8,10H,9,11,19H2. The Labute approximate surface area is 127 Å². The molecule has 0 aliphatic heterocycles. The van der Waals surface area contributed by atoms with Crippen LogP contribution in [0.15, 0.2) is 47.4 Å². The van der Waals surface area contributed by atoms with E-state index in [-0.39, 0.29) is 12.4 Å². The summed E-state index contributed by atoms with van der Waals surface area (Å²) < 4.78 is 13.5. The summed E-state index contributed by atoms with van der Waals surface area (Å²) in [6.45, 7) is 0.220. The lowest BCUT2D eigenvalue weighted by molar-refractivity contribution is 0.624. The molecular formula is C16H13ClFNS. The van der Waals surface area contributed by atoms with Crippen LogP contribution in [0.25, 0.3) is 0 Å². The van der Waals surface area contributed by atoms with Gasteiger partial charge in [0, 0.05) is 10.6 Å². The fraction of sp³-hybridized carbons (Fsp3) is 0.125. The lowest BCUT2D eigenvalue weighted by Crippen LogP contribution is -1.94. The van der Waals surface area contributed by atoms with Gasteiger partial charge in [-0.2, -0.15) is 0 Å². The minimum Gasteiger partial charge on any atom is -0.320 e. The second-order valence-corrected chi connectivity index (χ2v) is 5.46. The van der Waals surface area contributed by atoms with E-state index in [0.717, 1.165) is 15.5 Å². The lowest BCUT2D eigenvalue weighted by Gasteiger charge is -2.05. The van der Waals surface area contributed by atoms with Crippen LogP contribution in [0.2, 0.25) is 5.02 Å². The summed E-state index contributed by atoms with van der Waals surface area (Å²) in [5, 5.41) is 0.725. The van der Waals surface area contributed by atoms with E-state index in [0.29, 0.717) is 11.3 Å².